The first kappa shape index (κ1) is 11.6. The Morgan fingerprint density at radius 2 is 2.07 bits per heavy atom. The lowest BCUT2D eigenvalue weighted by molar-refractivity contribution is -0.389. The first-order valence-corrected chi connectivity index (χ1v) is 6.46. The van der Waals surface area contributed by atoms with Crippen molar-refractivity contribution >= 4 is 48.1 Å². The van der Waals surface area contributed by atoms with Crippen LogP contribution in [-0.4, -0.2) is 18.3 Å². The van der Waals surface area contributed by atoms with E-state index in [1.165, 1.54) is 0 Å². The quantitative estimate of drug-likeness (QED) is 0.266. The number of halogens is 2. The van der Waals surface area contributed by atoms with Gasteiger partial charge in [0.1, 0.15) is 0 Å². The molecule has 1 aromatic heterocycles. The zero-order valence-corrected chi connectivity index (χ0v) is 10.1. The molecular formula is C5H2ClIN2O4S. The van der Waals surface area contributed by atoms with E-state index in [0.717, 1.165) is 12.1 Å². The fourth-order valence-corrected chi connectivity index (χ4v) is 2.25. The Balaban J connectivity index is 3.43. The monoisotopic (exact) mass is 348 g/mol. The third kappa shape index (κ3) is 2.75. The molecule has 0 atom stereocenters. The molecule has 0 unspecified atom stereocenters. The highest BCUT2D eigenvalue weighted by atomic mass is 127. The molecule has 6 nitrogen and oxygen atoms in total. The van der Waals surface area contributed by atoms with Crippen LogP contribution in [0.3, 0.4) is 0 Å². The summed E-state index contributed by atoms with van der Waals surface area (Å²) in [6.07, 6.45) is 0. The summed E-state index contributed by atoms with van der Waals surface area (Å²) in [5.41, 5.74) is 0. The molecule has 0 saturated carbocycles. The van der Waals surface area contributed by atoms with E-state index in [-0.39, 0.29) is 8.60 Å². The molecule has 0 fully saturated rings. The van der Waals surface area contributed by atoms with Gasteiger partial charge < -0.3 is 10.1 Å². The van der Waals surface area contributed by atoms with E-state index in [1.54, 1.807) is 22.6 Å². The number of nitro groups is 1. The Morgan fingerprint density at radius 3 is 2.50 bits per heavy atom. The van der Waals surface area contributed by atoms with Crippen LogP contribution in [0.5, 0.6) is 0 Å². The van der Waals surface area contributed by atoms with Crippen molar-refractivity contribution in [2.24, 2.45) is 0 Å². The third-order valence-electron chi connectivity index (χ3n) is 1.22. The van der Waals surface area contributed by atoms with Gasteiger partial charge in [0.05, 0.1) is 11.0 Å². The van der Waals surface area contributed by atoms with Crippen molar-refractivity contribution in [1.82, 2.24) is 4.98 Å². The van der Waals surface area contributed by atoms with Gasteiger partial charge in [0.25, 0.3) is 9.05 Å². The van der Waals surface area contributed by atoms with Crippen LogP contribution in [0, 0.1) is 13.8 Å². The van der Waals surface area contributed by atoms with Crippen molar-refractivity contribution in [3.63, 3.8) is 0 Å². The van der Waals surface area contributed by atoms with Crippen molar-refractivity contribution in [2.75, 3.05) is 0 Å². The van der Waals surface area contributed by atoms with E-state index in [1.807, 2.05) is 0 Å². The zero-order chi connectivity index (χ0) is 10.9. The number of hydrogen-bond acceptors (Lipinski definition) is 5. The van der Waals surface area contributed by atoms with Gasteiger partial charge in [-0.3, -0.25) is 0 Å². The lowest BCUT2D eigenvalue weighted by Crippen LogP contribution is -1.98. The Hall–Kier alpha value is -0.480. The first-order chi connectivity index (χ1) is 6.30. The summed E-state index contributed by atoms with van der Waals surface area (Å²) >= 11 is 1.67. The van der Waals surface area contributed by atoms with Crippen LogP contribution >= 0.6 is 33.3 Å². The molecular weight excluding hydrogens is 346 g/mol. The zero-order valence-electron chi connectivity index (χ0n) is 6.35. The minimum atomic E-state index is -3.96. The standard InChI is InChI=1S/C5H2ClIN2O4S/c6-14(12,13)3-1-4(7)8-5(2-3)9(10)11/h1-2H. The highest BCUT2D eigenvalue weighted by Gasteiger charge is 2.18. The van der Waals surface area contributed by atoms with Gasteiger partial charge in [-0.2, -0.15) is 0 Å². The summed E-state index contributed by atoms with van der Waals surface area (Å²) in [4.78, 5) is 12.7. The molecule has 0 amide bonds. The van der Waals surface area contributed by atoms with Gasteiger partial charge in [-0.25, -0.2) is 8.42 Å². The largest absolute Gasteiger partial charge is 0.365 e. The molecule has 9 heteroatoms. The van der Waals surface area contributed by atoms with Crippen LogP contribution in [0.4, 0.5) is 5.82 Å². The highest BCUT2D eigenvalue weighted by molar-refractivity contribution is 14.1. The summed E-state index contributed by atoms with van der Waals surface area (Å²) in [6.45, 7) is 0. The predicted molar refractivity (Wildman–Crippen MR) is 56.6 cm³/mol. The van der Waals surface area contributed by atoms with Gasteiger partial charge in [-0.15, -0.1) is 0 Å². The van der Waals surface area contributed by atoms with E-state index >= 15 is 0 Å². The molecule has 1 aromatic rings. The average molecular weight is 349 g/mol. The fraction of sp³-hybridized carbons (Fsp3) is 0. The van der Waals surface area contributed by atoms with E-state index < -0.39 is 19.8 Å². The van der Waals surface area contributed by atoms with E-state index in [4.69, 9.17) is 10.7 Å². The Bertz CT molecular complexity index is 489. The van der Waals surface area contributed by atoms with Gasteiger partial charge in [-0.05, 0) is 9.91 Å². The number of nitrogens with zero attached hydrogens (tertiary/aromatic N) is 2. The molecule has 0 aromatic carbocycles. The summed E-state index contributed by atoms with van der Waals surface area (Å²) in [6, 6.07) is 1.96. The van der Waals surface area contributed by atoms with Crippen molar-refractivity contribution in [2.45, 2.75) is 4.90 Å². The second-order valence-electron chi connectivity index (χ2n) is 2.18. The smallest absolute Gasteiger partial charge is 0.358 e. The minimum Gasteiger partial charge on any atom is -0.358 e. The summed E-state index contributed by atoms with van der Waals surface area (Å²) in [7, 11) is 1.07. The van der Waals surface area contributed by atoms with Gasteiger partial charge in [0.15, 0.2) is 0 Å². The lowest BCUT2D eigenvalue weighted by Gasteiger charge is -1.96. The number of aromatic nitrogens is 1. The molecule has 1 heterocycles. The Labute approximate surface area is 97.0 Å². The topological polar surface area (TPSA) is 90.2 Å². The summed E-state index contributed by atoms with van der Waals surface area (Å²) < 4.78 is 21.9. The van der Waals surface area contributed by atoms with Gasteiger partial charge in [0.2, 0.25) is 3.70 Å². The molecule has 0 bridgehead atoms. The van der Waals surface area contributed by atoms with Crippen LogP contribution in [0.2, 0.25) is 0 Å². The molecule has 1 rings (SSSR count). The van der Waals surface area contributed by atoms with Gasteiger partial charge in [-0.1, -0.05) is 0 Å². The van der Waals surface area contributed by atoms with E-state index in [9.17, 15) is 18.5 Å². The van der Waals surface area contributed by atoms with Gasteiger partial charge >= 0.3 is 5.82 Å². The van der Waals surface area contributed by atoms with E-state index in [0.29, 0.717) is 0 Å². The predicted octanol–water partition coefficient (Wildman–Crippen LogP) is 1.52. The second-order valence-corrected chi connectivity index (χ2v) is 5.85. The van der Waals surface area contributed by atoms with Crippen LogP contribution in [0.1, 0.15) is 0 Å². The number of pyridine rings is 1. The third-order valence-corrected chi connectivity index (χ3v) is 3.11. The minimum absolute atomic E-state index is 0.191. The molecule has 76 valence electrons. The van der Waals surface area contributed by atoms with Crippen molar-refractivity contribution < 1.29 is 13.3 Å². The molecule has 0 saturated heterocycles. The SMILES string of the molecule is O=[N+]([O-])c1cc(S(=O)(=O)Cl)cc(I)n1. The average Bonchev–Trinajstić information content (AvgIpc) is 2.01. The van der Waals surface area contributed by atoms with Crippen molar-refractivity contribution in [3.8, 4) is 0 Å². The molecule has 0 aliphatic rings. The first-order valence-electron chi connectivity index (χ1n) is 3.07. The Morgan fingerprint density at radius 1 is 1.50 bits per heavy atom. The maximum Gasteiger partial charge on any atom is 0.365 e. The molecule has 0 spiro atoms. The Kier molecular flexibility index (Phi) is 3.27. The van der Waals surface area contributed by atoms with Crippen molar-refractivity contribution in [1.29, 1.82) is 0 Å². The van der Waals surface area contributed by atoms with Crippen molar-refractivity contribution in [3.05, 3.63) is 25.9 Å². The van der Waals surface area contributed by atoms with Crippen LogP contribution in [0.25, 0.3) is 0 Å². The maximum atomic E-state index is 10.9. The molecule has 0 aliphatic heterocycles. The molecule has 14 heavy (non-hydrogen) atoms. The second kappa shape index (κ2) is 3.95. The van der Waals surface area contributed by atoms with Crippen LogP contribution in [0.15, 0.2) is 17.0 Å². The lowest BCUT2D eigenvalue weighted by atomic mass is 10.5. The number of hydrogen-bond donors (Lipinski definition) is 0. The fourth-order valence-electron chi connectivity index (χ4n) is 0.695. The summed E-state index contributed by atoms with van der Waals surface area (Å²) in [5.74, 6) is -0.545. The summed E-state index contributed by atoms with van der Waals surface area (Å²) in [5, 5.41) is 10.3. The van der Waals surface area contributed by atoms with Crippen LogP contribution in [-0.2, 0) is 9.05 Å². The van der Waals surface area contributed by atoms with E-state index in [2.05, 4.69) is 4.98 Å². The molecule has 0 radical (unpaired) electrons. The highest BCUT2D eigenvalue weighted by Crippen LogP contribution is 2.21. The normalized spacial score (nSPS) is 11.3. The van der Waals surface area contributed by atoms with Crippen LogP contribution < -0.4 is 0 Å². The molecule has 0 N–H and O–H groups in total. The maximum absolute atomic E-state index is 10.9. The molecule has 0 aliphatic carbocycles. The number of rotatable bonds is 2. The van der Waals surface area contributed by atoms with Gasteiger partial charge in [0, 0.05) is 39.3 Å².